The maximum atomic E-state index is 12.4. The molecule has 0 bridgehead atoms. The van der Waals surface area contributed by atoms with Crippen molar-refractivity contribution in [3.8, 4) is 5.82 Å². The summed E-state index contributed by atoms with van der Waals surface area (Å²) in [7, 11) is 0. The smallest absolute Gasteiger partial charge is 0.251 e. The van der Waals surface area contributed by atoms with Gasteiger partial charge in [-0.15, -0.1) is 0 Å². The summed E-state index contributed by atoms with van der Waals surface area (Å²) in [4.78, 5) is 20.6. The van der Waals surface area contributed by atoms with Crippen molar-refractivity contribution in [3.05, 3.63) is 78.5 Å². The normalized spacial score (nSPS) is 11.9. The van der Waals surface area contributed by atoms with Gasteiger partial charge in [0.15, 0.2) is 0 Å². The number of pyridine rings is 1. The Kier molecular flexibility index (Phi) is 3.96. The average Bonchev–Trinajstić information content (AvgIpc) is 3.10. The van der Waals surface area contributed by atoms with Crippen LogP contribution in [0, 0.1) is 0 Å². The first-order valence-electron chi connectivity index (χ1n) is 7.04. The minimum Gasteiger partial charge on any atom is -0.346 e. The lowest BCUT2D eigenvalue weighted by molar-refractivity contribution is 0.0939. The van der Waals surface area contributed by atoms with E-state index in [9.17, 15) is 4.79 Å². The molecule has 5 nitrogen and oxygen atoms in total. The molecule has 5 heteroatoms. The molecule has 3 aromatic rings. The highest BCUT2D eigenvalue weighted by atomic mass is 16.1. The van der Waals surface area contributed by atoms with Crippen LogP contribution in [0.3, 0.4) is 0 Å². The minimum atomic E-state index is -0.125. The molecule has 1 unspecified atom stereocenters. The third kappa shape index (κ3) is 3.03. The predicted molar refractivity (Wildman–Crippen MR) is 83.7 cm³/mol. The molecule has 2 heterocycles. The van der Waals surface area contributed by atoms with Crippen LogP contribution in [0.15, 0.2) is 67.4 Å². The number of benzene rings is 1. The number of hydrogen-bond donors (Lipinski definition) is 1. The second kappa shape index (κ2) is 6.22. The van der Waals surface area contributed by atoms with Crippen molar-refractivity contribution in [3.63, 3.8) is 0 Å². The number of nitrogens with one attached hydrogen (secondary N) is 1. The molecule has 22 heavy (non-hydrogen) atoms. The number of rotatable bonds is 4. The van der Waals surface area contributed by atoms with Crippen molar-refractivity contribution in [1.82, 2.24) is 19.9 Å². The zero-order valence-corrected chi connectivity index (χ0v) is 12.2. The van der Waals surface area contributed by atoms with E-state index in [4.69, 9.17) is 0 Å². The Morgan fingerprint density at radius 2 is 2.00 bits per heavy atom. The number of imidazole rings is 1. The van der Waals surface area contributed by atoms with Gasteiger partial charge in [0, 0.05) is 24.2 Å². The molecule has 110 valence electrons. The Morgan fingerprint density at radius 1 is 1.18 bits per heavy atom. The van der Waals surface area contributed by atoms with Crippen molar-refractivity contribution >= 4 is 5.91 Å². The van der Waals surface area contributed by atoms with E-state index in [-0.39, 0.29) is 11.9 Å². The summed E-state index contributed by atoms with van der Waals surface area (Å²) in [5.74, 6) is 0.539. The highest BCUT2D eigenvalue weighted by molar-refractivity contribution is 5.94. The first-order valence-corrected chi connectivity index (χ1v) is 7.04. The molecule has 1 amide bonds. The lowest BCUT2D eigenvalue weighted by Crippen LogP contribution is -2.26. The van der Waals surface area contributed by atoms with E-state index >= 15 is 0 Å². The van der Waals surface area contributed by atoms with Gasteiger partial charge in [0.1, 0.15) is 12.1 Å². The summed E-state index contributed by atoms with van der Waals surface area (Å²) in [6.45, 7) is 1.96. The fourth-order valence-corrected chi connectivity index (χ4v) is 2.20. The quantitative estimate of drug-likeness (QED) is 0.804. The monoisotopic (exact) mass is 292 g/mol. The molecule has 2 aromatic heterocycles. The Labute approximate surface area is 128 Å². The largest absolute Gasteiger partial charge is 0.346 e. The van der Waals surface area contributed by atoms with Crippen molar-refractivity contribution in [2.45, 2.75) is 13.0 Å². The lowest BCUT2D eigenvalue weighted by atomic mass is 10.1. The van der Waals surface area contributed by atoms with E-state index in [0.29, 0.717) is 11.4 Å². The number of carbonyl (C=O) groups excluding carboxylic acids is 1. The second-order valence-electron chi connectivity index (χ2n) is 4.98. The zero-order chi connectivity index (χ0) is 15.4. The molecule has 0 spiro atoms. The van der Waals surface area contributed by atoms with Gasteiger partial charge in [0.25, 0.3) is 5.91 Å². The van der Waals surface area contributed by atoms with Crippen LogP contribution in [0.25, 0.3) is 5.82 Å². The van der Waals surface area contributed by atoms with Crippen molar-refractivity contribution < 1.29 is 4.79 Å². The molecule has 0 fully saturated rings. The van der Waals surface area contributed by atoms with Crippen LogP contribution in [0.2, 0.25) is 0 Å². The van der Waals surface area contributed by atoms with Crippen LogP contribution in [0.1, 0.15) is 28.9 Å². The highest BCUT2D eigenvalue weighted by Crippen LogP contribution is 2.13. The van der Waals surface area contributed by atoms with Crippen LogP contribution in [-0.4, -0.2) is 20.4 Å². The number of hydrogen-bond acceptors (Lipinski definition) is 3. The molecule has 0 saturated carbocycles. The van der Waals surface area contributed by atoms with Gasteiger partial charge in [-0.2, -0.15) is 0 Å². The number of carbonyl (C=O) groups is 1. The van der Waals surface area contributed by atoms with E-state index in [1.54, 1.807) is 41.6 Å². The van der Waals surface area contributed by atoms with Crippen LogP contribution < -0.4 is 5.32 Å². The van der Waals surface area contributed by atoms with Gasteiger partial charge in [-0.05, 0) is 24.6 Å². The lowest BCUT2D eigenvalue weighted by Gasteiger charge is -2.14. The third-order valence-corrected chi connectivity index (χ3v) is 3.42. The molecule has 0 aliphatic rings. The van der Waals surface area contributed by atoms with Crippen LogP contribution in [-0.2, 0) is 0 Å². The van der Waals surface area contributed by atoms with Crippen molar-refractivity contribution in [2.24, 2.45) is 0 Å². The molecule has 3 rings (SSSR count). The minimum absolute atomic E-state index is 0.0569. The van der Waals surface area contributed by atoms with Gasteiger partial charge >= 0.3 is 0 Å². The highest BCUT2D eigenvalue weighted by Gasteiger charge is 2.12. The number of nitrogens with zero attached hydrogens (tertiary/aromatic N) is 3. The summed E-state index contributed by atoms with van der Waals surface area (Å²) in [6.07, 6.45) is 6.73. The number of amides is 1. The van der Waals surface area contributed by atoms with E-state index in [2.05, 4.69) is 15.3 Å². The van der Waals surface area contributed by atoms with Gasteiger partial charge in [-0.1, -0.05) is 30.3 Å². The molecule has 0 saturated heterocycles. The summed E-state index contributed by atoms with van der Waals surface area (Å²) < 4.78 is 1.76. The fraction of sp³-hybridized carbons (Fsp3) is 0.118. The summed E-state index contributed by atoms with van der Waals surface area (Å²) in [5.41, 5.74) is 1.64. The first kappa shape index (κ1) is 14.0. The maximum absolute atomic E-state index is 12.4. The van der Waals surface area contributed by atoms with Gasteiger partial charge in [0.05, 0.1) is 6.04 Å². The van der Waals surface area contributed by atoms with Gasteiger partial charge in [-0.3, -0.25) is 9.36 Å². The molecular formula is C17H16N4O. The van der Waals surface area contributed by atoms with Crippen molar-refractivity contribution in [1.29, 1.82) is 0 Å². The summed E-state index contributed by atoms with van der Waals surface area (Å²) >= 11 is 0. The molecule has 1 atom stereocenters. The summed E-state index contributed by atoms with van der Waals surface area (Å²) in [6, 6.07) is 13.3. The van der Waals surface area contributed by atoms with Crippen molar-refractivity contribution in [2.75, 3.05) is 0 Å². The molecule has 0 aliphatic heterocycles. The van der Waals surface area contributed by atoms with E-state index < -0.39 is 0 Å². The van der Waals surface area contributed by atoms with Crippen LogP contribution >= 0.6 is 0 Å². The molecule has 1 N–H and O–H groups in total. The fourth-order valence-electron chi connectivity index (χ4n) is 2.20. The average molecular weight is 292 g/mol. The standard InChI is InChI=1S/C17H16N4O/c1-13(14-5-3-2-4-6-14)20-17(22)15-7-8-19-16(11-15)21-10-9-18-12-21/h2-13H,1H3,(H,20,22). The van der Waals surface area contributed by atoms with E-state index in [1.165, 1.54) is 0 Å². The predicted octanol–water partition coefficient (Wildman–Crippen LogP) is 2.76. The zero-order valence-electron chi connectivity index (χ0n) is 12.2. The summed E-state index contributed by atoms with van der Waals surface area (Å²) in [5, 5.41) is 2.99. The molecule has 1 aromatic carbocycles. The second-order valence-corrected chi connectivity index (χ2v) is 4.98. The van der Waals surface area contributed by atoms with Gasteiger partial charge in [-0.25, -0.2) is 9.97 Å². The van der Waals surface area contributed by atoms with E-state index in [1.807, 2.05) is 37.3 Å². The Morgan fingerprint density at radius 3 is 2.73 bits per heavy atom. The Bertz CT molecular complexity index is 753. The van der Waals surface area contributed by atoms with Gasteiger partial charge in [0.2, 0.25) is 0 Å². The topological polar surface area (TPSA) is 59.8 Å². The molecule has 0 radical (unpaired) electrons. The molecular weight excluding hydrogens is 276 g/mol. The maximum Gasteiger partial charge on any atom is 0.251 e. The van der Waals surface area contributed by atoms with Crippen LogP contribution in [0.5, 0.6) is 0 Å². The first-order chi connectivity index (χ1) is 10.7. The SMILES string of the molecule is CC(NC(=O)c1ccnc(-n2ccnc2)c1)c1ccccc1. The van der Waals surface area contributed by atoms with E-state index in [0.717, 1.165) is 5.56 Å². The Balaban J connectivity index is 1.77. The third-order valence-electron chi connectivity index (χ3n) is 3.42. The number of aromatic nitrogens is 3. The Hall–Kier alpha value is -2.95. The van der Waals surface area contributed by atoms with Crippen LogP contribution in [0.4, 0.5) is 0 Å². The van der Waals surface area contributed by atoms with Gasteiger partial charge < -0.3 is 5.32 Å². The molecule has 0 aliphatic carbocycles.